The molecule has 40 heavy (non-hydrogen) atoms. The number of hydrogen-bond donors (Lipinski definition) is 4. The fourth-order valence-corrected chi connectivity index (χ4v) is 7.12. The summed E-state index contributed by atoms with van der Waals surface area (Å²) < 4.78 is 42.8. The first-order valence-electron chi connectivity index (χ1n) is 13.7. The van der Waals surface area contributed by atoms with E-state index >= 15 is 0 Å². The molecule has 1 atom stereocenters. The number of phenolic OH excluding ortho intramolecular Hbond substituents is 2. The molecule has 0 aliphatic carbocycles. The second kappa shape index (κ2) is 11.7. The van der Waals surface area contributed by atoms with Crippen LogP contribution in [0.25, 0.3) is 11.1 Å². The third-order valence-corrected chi connectivity index (χ3v) is 9.75. The molecule has 9 heteroatoms. The Bertz CT molecular complexity index is 1530. The van der Waals surface area contributed by atoms with Crippen LogP contribution in [0.1, 0.15) is 58.6 Å². The molecule has 2 saturated heterocycles. The van der Waals surface area contributed by atoms with Crippen LogP contribution in [0.3, 0.4) is 0 Å². The zero-order chi connectivity index (χ0) is 28.4. The molecule has 2 fully saturated rings. The molecule has 211 valence electrons. The lowest BCUT2D eigenvalue weighted by atomic mass is 9.84. The van der Waals surface area contributed by atoms with Gasteiger partial charge in [-0.2, -0.15) is 0 Å². The molecule has 2 aliphatic rings. The average Bonchev–Trinajstić information content (AvgIpc) is 2.91. The largest absolute Gasteiger partial charge is 0.508 e. The number of benzene rings is 3. The summed E-state index contributed by atoms with van der Waals surface area (Å²) in [6, 6.07) is 12.9. The highest BCUT2D eigenvalue weighted by Crippen LogP contribution is 2.45. The van der Waals surface area contributed by atoms with Crippen LogP contribution in [0.4, 0.5) is 4.39 Å². The molecule has 0 spiro atoms. The molecule has 3 aromatic rings. The van der Waals surface area contributed by atoms with Gasteiger partial charge >= 0.3 is 0 Å². The first-order chi connectivity index (χ1) is 19.2. The van der Waals surface area contributed by atoms with E-state index < -0.39 is 21.4 Å². The molecule has 0 aromatic heterocycles. The van der Waals surface area contributed by atoms with Crippen LogP contribution in [0, 0.1) is 24.7 Å². The summed E-state index contributed by atoms with van der Waals surface area (Å²) in [5, 5.41) is 28.3. The summed E-state index contributed by atoms with van der Waals surface area (Å²) in [5.74, 6) is -1.68. The zero-order valence-electron chi connectivity index (χ0n) is 22.5. The van der Waals surface area contributed by atoms with Crippen molar-refractivity contribution in [3.63, 3.8) is 0 Å². The van der Waals surface area contributed by atoms with Crippen LogP contribution in [-0.4, -0.2) is 56.3 Å². The van der Waals surface area contributed by atoms with Crippen molar-refractivity contribution in [1.29, 1.82) is 0 Å². The number of aromatic hydroxyl groups is 2. The van der Waals surface area contributed by atoms with Crippen LogP contribution >= 0.6 is 0 Å². The van der Waals surface area contributed by atoms with Gasteiger partial charge in [-0.15, -0.1) is 0 Å². The second-order valence-corrected chi connectivity index (χ2v) is 12.8. The zero-order valence-corrected chi connectivity index (χ0v) is 23.3. The summed E-state index contributed by atoms with van der Waals surface area (Å²) in [6.07, 6.45) is 2.67. The van der Waals surface area contributed by atoms with E-state index in [0.717, 1.165) is 32.5 Å². The maximum atomic E-state index is 14.8. The minimum absolute atomic E-state index is 0.0218. The van der Waals surface area contributed by atoms with E-state index in [1.54, 1.807) is 6.07 Å². The number of sulfone groups is 1. The fourth-order valence-electron chi connectivity index (χ4n) is 5.60. The van der Waals surface area contributed by atoms with Crippen molar-refractivity contribution in [3.8, 4) is 22.6 Å². The minimum Gasteiger partial charge on any atom is -0.508 e. The van der Waals surface area contributed by atoms with Crippen LogP contribution < -0.4 is 10.6 Å². The maximum absolute atomic E-state index is 14.8. The van der Waals surface area contributed by atoms with E-state index in [-0.39, 0.29) is 55.9 Å². The van der Waals surface area contributed by atoms with Gasteiger partial charge in [0.2, 0.25) is 0 Å². The van der Waals surface area contributed by atoms with Crippen LogP contribution in [0.15, 0.2) is 47.4 Å². The van der Waals surface area contributed by atoms with Crippen molar-refractivity contribution < 1.29 is 27.8 Å². The molecule has 5 rings (SSSR count). The highest BCUT2D eigenvalue weighted by molar-refractivity contribution is 7.91. The van der Waals surface area contributed by atoms with Crippen molar-refractivity contribution in [2.24, 2.45) is 5.92 Å². The summed E-state index contributed by atoms with van der Waals surface area (Å²) in [5.41, 5.74) is 0.493. The number of phenols is 2. The molecular formula is C31H34FN2O5S. The van der Waals surface area contributed by atoms with Crippen molar-refractivity contribution in [1.82, 2.24) is 10.6 Å². The van der Waals surface area contributed by atoms with Crippen LogP contribution in [-0.2, 0) is 9.84 Å². The average molecular weight is 566 g/mol. The Hall–Kier alpha value is -3.27. The third kappa shape index (κ3) is 5.64. The second-order valence-electron chi connectivity index (χ2n) is 10.8. The highest BCUT2D eigenvalue weighted by atomic mass is 32.2. The number of hydrogen-bond acceptors (Lipinski definition) is 7. The van der Waals surface area contributed by atoms with Gasteiger partial charge in [0.05, 0.1) is 16.2 Å². The van der Waals surface area contributed by atoms with Crippen LogP contribution in [0.5, 0.6) is 11.5 Å². The SMILES string of the molecule is Cc1c(F)cccc1-c1c(O)c([C@@H]2CCCNC2)[c]c(S(=O)(=O)CCCC2CNC2)c1C(=O)c1cccc(O)c1. The predicted octanol–water partition coefficient (Wildman–Crippen LogP) is 4.48. The standard InChI is InChI=1S/C31H34FN2O5S/c1-19-24(10-3-11-26(19)32)28-29(30(36)21-7-2-9-23(35)14-21)27(40(38,39)13-5-6-20-16-34-17-20)15-25(31(28)37)22-8-4-12-33-18-22/h2-3,7,9-11,14,20,22,33-35,37H,4-6,8,12-13,16-18H2,1H3/t22-/m1/s1. The van der Waals surface area contributed by atoms with E-state index in [1.165, 1.54) is 43.3 Å². The molecule has 2 heterocycles. The van der Waals surface area contributed by atoms with Gasteiger partial charge in [0.25, 0.3) is 0 Å². The Labute approximate surface area is 234 Å². The fraction of sp³-hybridized carbons (Fsp3) is 0.387. The number of piperidine rings is 1. The Balaban J connectivity index is 1.76. The smallest absolute Gasteiger partial charge is 0.195 e. The normalized spacial score (nSPS) is 17.9. The molecule has 7 nitrogen and oxygen atoms in total. The Morgan fingerprint density at radius 1 is 1.10 bits per heavy atom. The molecule has 0 amide bonds. The van der Waals surface area contributed by atoms with Gasteiger partial charge in [-0.25, -0.2) is 12.8 Å². The maximum Gasteiger partial charge on any atom is 0.195 e. The Kier molecular flexibility index (Phi) is 8.26. The number of nitrogens with one attached hydrogen (secondary N) is 2. The lowest BCUT2D eigenvalue weighted by molar-refractivity contribution is 0.103. The molecule has 0 saturated carbocycles. The Morgan fingerprint density at radius 3 is 2.55 bits per heavy atom. The van der Waals surface area contributed by atoms with Crippen LogP contribution in [0.2, 0.25) is 0 Å². The van der Waals surface area contributed by atoms with Crippen molar-refractivity contribution >= 4 is 15.6 Å². The van der Waals surface area contributed by atoms with E-state index in [2.05, 4.69) is 16.7 Å². The van der Waals surface area contributed by atoms with Gasteiger partial charge in [0.1, 0.15) is 17.3 Å². The van der Waals surface area contributed by atoms with E-state index in [0.29, 0.717) is 30.9 Å². The molecule has 4 N–H and O–H groups in total. The Morgan fingerprint density at radius 2 is 1.88 bits per heavy atom. The summed E-state index contributed by atoms with van der Waals surface area (Å²) in [6.45, 7) is 4.57. The molecule has 0 unspecified atom stereocenters. The first kappa shape index (κ1) is 28.3. The predicted molar refractivity (Wildman–Crippen MR) is 151 cm³/mol. The van der Waals surface area contributed by atoms with Gasteiger partial charge in [-0.3, -0.25) is 4.79 Å². The third-order valence-electron chi connectivity index (χ3n) is 8.00. The van der Waals surface area contributed by atoms with Crippen molar-refractivity contribution in [3.05, 3.63) is 76.6 Å². The number of ketones is 1. The van der Waals surface area contributed by atoms with Crippen molar-refractivity contribution in [2.75, 3.05) is 31.9 Å². The van der Waals surface area contributed by atoms with E-state index in [1.807, 2.05) is 0 Å². The summed E-state index contributed by atoms with van der Waals surface area (Å²) >= 11 is 0. The van der Waals surface area contributed by atoms with Gasteiger partial charge in [-0.1, -0.05) is 24.3 Å². The highest BCUT2D eigenvalue weighted by Gasteiger charge is 2.34. The van der Waals surface area contributed by atoms with E-state index in [9.17, 15) is 27.8 Å². The number of rotatable bonds is 9. The lowest BCUT2D eigenvalue weighted by Crippen LogP contribution is -2.41. The minimum atomic E-state index is -4.05. The lowest BCUT2D eigenvalue weighted by Gasteiger charge is -2.28. The van der Waals surface area contributed by atoms with Gasteiger partial charge in [-0.05, 0) is 87.5 Å². The van der Waals surface area contributed by atoms with Gasteiger partial charge in [0.15, 0.2) is 15.6 Å². The van der Waals surface area contributed by atoms with Gasteiger partial charge < -0.3 is 20.8 Å². The molecule has 2 aliphatic heterocycles. The molecule has 1 radical (unpaired) electrons. The quantitative estimate of drug-likeness (QED) is 0.283. The number of halogens is 1. The monoisotopic (exact) mass is 565 g/mol. The van der Waals surface area contributed by atoms with Crippen molar-refractivity contribution in [2.45, 2.75) is 43.4 Å². The first-order valence-corrected chi connectivity index (χ1v) is 15.4. The summed E-state index contributed by atoms with van der Waals surface area (Å²) in [4.78, 5) is 13.8. The number of carbonyl (C=O) groups is 1. The number of carbonyl (C=O) groups excluding carboxylic acids is 1. The molecule has 3 aromatic carbocycles. The van der Waals surface area contributed by atoms with E-state index in [4.69, 9.17) is 0 Å². The van der Waals surface area contributed by atoms with Gasteiger partial charge in [0, 0.05) is 35.2 Å². The topological polar surface area (TPSA) is 116 Å². The molecule has 0 bridgehead atoms. The summed E-state index contributed by atoms with van der Waals surface area (Å²) in [7, 11) is -4.05. The molecular weight excluding hydrogens is 531 g/mol.